The van der Waals surface area contributed by atoms with E-state index in [1.54, 1.807) is 13.8 Å². The second-order valence-electron chi connectivity index (χ2n) is 3.49. The molecule has 2 rings (SSSR count). The van der Waals surface area contributed by atoms with Gasteiger partial charge in [-0.05, 0) is 13.8 Å². The number of hydrogen-bond acceptors (Lipinski definition) is 2. The van der Waals surface area contributed by atoms with Gasteiger partial charge in [-0.3, -0.25) is 5.10 Å². The van der Waals surface area contributed by atoms with Gasteiger partial charge in [-0.2, -0.15) is 13.2 Å². The van der Waals surface area contributed by atoms with Crippen LogP contribution in [-0.2, 0) is 6.18 Å². The molecule has 7 heteroatoms. The zero-order valence-corrected chi connectivity index (χ0v) is 9.33. The van der Waals surface area contributed by atoms with Gasteiger partial charge in [0, 0.05) is 17.3 Å². The average molecular weight is 247 g/mol. The Kier molecular flexibility index (Phi) is 2.30. The van der Waals surface area contributed by atoms with Crippen molar-refractivity contribution in [3.63, 3.8) is 0 Å². The van der Waals surface area contributed by atoms with Gasteiger partial charge in [0.15, 0.2) is 5.65 Å². The highest BCUT2D eigenvalue weighted by Gasteiger charge is 2.33. The van der Waals surface area contributed by atoms with Crippen LogP contribution in [-0.4, -0.2) is 14.6 Å². The van der Waals surface area contributed by atoms with E-state index in [2.05, 4.69) is 10.1 Å². The van der Waals surface area contributed by atoms with Gasteiger partial charge in [-0.15, -0.1) is 0 Å². The van der Waals surface area contributed by atoms with Gasteiger partial charge in [0.05, 0.1) is 0 Å². The molecular formula is C9H8F3N3S. The van der Waals surface area contributed by atoms with E-state index in [1.165, 1.54) is 4.52 Å². The van der Waals surface area contributed by atoms with Crippen LogP contribution in [0.3, 0.4) is 0 Å². The van der Waals surface area contributed by atoms with Gasteiger partial charge in [-0.25, -0.2) is 9.50 Å². The predicted molar refractivity (Wildman–Crippen MR) is 54.9 cm³/mol. The van der Waals surface area contributed by atoms with Crippen LogP contribution in [0.5, 0.6) is 0 Å². The summed E-state index contributed by atoms with van der Waals surface area (Å²) in [7, 11) is 0. The highest BCUT2D eigenvalue weighted by molar-refractivity contribution is 7.71. The van der Waals surface area contributed by atoms with Crippen LogP contribution in [0, 0.1) is 18.5 Å². The maximum Gasteiger partial charge on any atom is 0.432 e. The zero-order chi connectivity index (χ0) is 12.1. The van der Waals surface area contributed by atoms with Crippen LogP contribution in [0.4, 0.5) is 13.2 Å². The van der Waals surface area contributed by atoms with Crippen molar-refractivity contribution in [2.24, 2.45) is 0 Å². The van der Waals surface area contributed by atoms with E-state index in [4.69, 9.17) is 12.2 Å². The van der Waals surface area contributed by atoms with Crippen molar-refractivity contribution in [2.45, 2.75) is 20.0 Å². The number of hydrogen-bond donors (Lipinski definition) is 1. The molecule has 0 amide bonds. The lowest BCUT2D eigenvalue weighted by molar-refractivity contribution is -0.141. The summed E-state index contributed by atoms with van der Waals surface area (Å²) in [5.41, 5.74) is 0.664. The van der Waals surface area contributed by atoms with E-state index < -0.39 is 11.9 Å². The fourth-order valence-electron chi connectivity index (χ4n) is 1.36. The molecule has 0 atom stereocenters. The van der Waals surface area contributed by atoms with Gasteiger partial charge in [-0.1, -0.05) is 12.2 Å². The van der Waals surface area contributed by atoms with E-state index in [1.807, 2.05) is 0 Å². The fraction of sp³-hybridized carbons (Fsp3) is 0.333. The van der Waals surface area contributed by atoms with E-state index >= 15 is 0 Å². The Labute approximate surface area is 93.9 Å². The third-order valence-electron chi connectivity index (χ3n) is 2.39. The zero-order valence-electron chi connectivity index (χ0n) is 8.51. The molecule has 0 unspecified atom stereocenters. The van der Waals surface area contributed by atoms with Crippen LogP contribution in [0.15, 0.2) is 6.07 Å². The number of rotatable bonds is 0. The molecule has 0 aliphatic heterocycles. The van der Waals surface area contributed by atoms with Crippen molar-refractivity contribution in [1.29, 1.82) is 0 Å². The SMILES string of the molecule is Cc1nc2cc(C(F)(F)F)[nH]n2c(=S)c1C. The second-order valence-corrected chi connectivity index (χ2v) is 3.88. The molecule has 0 spiro atoms. The van der Waals surface area contributed by atoms with Crippen LogP contribution in [0.25, 0.3) is 5.65 Å². The fourth-order valence-corrected chi connectivity index (χ4v) is 1.65. The van der Waals surface area contributed by atoms with Gasteiger partial charge in [0.1, 0.15) is 10.3 Å². The summed E-state index contributed by atoms with van der Waals surface area (Å²) in [5.74, 6) is 0. The molecule has 2 heterocycles. The summed E-state index contributed by atoms with van der Waals surface area (Å²) in [5, 5.41) is 2.20. The summed E-state index contributed by atoms with van der Waals surface area (Å²) >= 11 is 5.04. The van der Waals surface area contributed by atoms with E-state index in [9.17, 15) is 13.2 Å². The molecule has 0 radical (unpaired) electrons. The molecular weight excluding hydrogens is 239 g/mol. The third-order valence-corrected chi connectivity index (χ3v) is 2.88. The lowest BCUT2D eigenvalue weighted by Gasteiger charge is -2.02. The van der Waals surface area contributed by atoms with Gasteiger partial charge in [0.2, 0.25) is 0 Å². The highest BCUT2D eigenvalue weighted by atomic mass is 32.1. The lowest BCUT2D eigenvalue weighted by Crippen LogP contribution is -2.06. The molecule has 0 bridgehead atoms. The first-order chi connectivity index (χ1) is 7.30. The Morgan fingerprint density at radius 1 is 1.38 bits per heavy atom. The van der Waals surface area contributed by atoms with Crippen LogP contribution >= 0.6 is 12.2 Å². The molecule has 0 saturated heterocycles. The molecule has 0 saturated carbocycles. The predicted octanol–water partition coefficient (Wildman–Crippen LogP) is 3.03. The quantitative estimate of drug-likeness (QED) is 0.726. The molecule has 86 valence electrons. The summed E-state index contributed by atoms with van der Waals surface area (Å²) in [6.07, 6.45) is -4.42. The van der Waals surface area contributed by atoms with Gasteiger partial charge < -0.3 is 0 Å². The lowest BCUT2D eigenvalue weighted by atomic mass is 10.3. The van der Waals surface area contributed by atoms with Crippen molar-refractivity contribution < 1.29 is 13.2 Å². The minimum absolute atomic E-state index is 0.181. The molecule has 16 heavy (non-hydrogen) atoms. The summed E-state index contributed by atoms with van der Waals surface area (Å²) in [4.78, 5) is 4.04. The molecule has 0 aliphatic carbocycles. The Balaban J connectivity index is 2.82. The third kappa shape index (κ3) is 1.60. The number of H-pyrrole nitrogens is 1. The molecule has 0 fully saturated rings. The molecule has 3 nitrogen and oxygen atoms in total. The Morgan fingerprint density at radius 2 is 2.00 bits per heavy atom. The maximum atomic E-state index is 12.5. The Hall–Kier alpha value is -1.37. The first-order valence-corrected chi connectivity index (χ1v) is 4.87. The van der Waals surface area contributed by atoms with Crippen LogP contribution < -0.4 is 0 Å². The molecule has 2 aromatic heterocycles. The number of aromatic nitrogens is 3. The number of alkyl halides is 3. The Bertz CT molecular complexity index is 609. The number of nitrogens with one attached hydrogen (secondary N) is 1. The standard InChI is InChI=1S/C9H8F3N3S/c1-4-5(2)13-7-3-6(9(10,11)12)14-15(7)8(4)16/h3,14H,1-2H3. The van der Waals surface area contributed by atoms with Crippen molar-refractivity contribution in [3.05, 3.63) is 27.7 Å². The van der Waals surface area contributed by atoms with E-state index in [0.717, 1.165) is 6.07 Å². The summed E-state index contributed by atoms with van der Waals surface area (Å²) in [6.45, 7) is 3.44. The highest BCUT2D eigenvalue weighted by Crippen LogP contribution is 2.28. The van der Waals surface area contributed by atoms with E-state index in [-0.39, 0.29) is 5.65 Å². The number of halogens is 3. The first-order valence-electron chi connectivity index (χ1n) is 4.47. The molecule has 0 aromatic carbocycles. The van der Waals surface area contributed by atoms with Gasteiger partial charge >= 0.3 is 6.18 Å². The Morgan fingerprint density at radius 3 is 2.56 bits per heavy atom. The smallest absolute Gasteiger partial charge is 0.287 e. The normalized spacial score (nSPS) is 12.3. The minimum Gasteiger partial charge on any atom is -0.287 e. The number of fused-ring (bicyclic) bond motifs is 1. The van der Waals surface area contributed by atoms with Crippen molar-refractivity contribution in [3.8, 4) is 0 Å². The second kappa shape index (κ2) is 3.31. The topological polar surface area (TPSA) is 33.1 Å². The van der Waals surface area contributed by atoms with Crippen molar-refractivity contribution in [1.82, 2.24) is 14.6 Å². The van der Waals surface area contributed by atoms with Gasteiger partial charge in [0.25, 0.3) is 0 Å². The molecule has 2 aromatic rings. The van der Waals surface area contributed by atoms with Crippen LogP contribution in [0.2, 0.25) is 0 Å². The molecule has 0 aliphatic rings. The number of aromatic amines is 1. The summed E-state index contributed by atoms with van der Waals surface area (Å²) in [6, 6.07) is 0.947. The number of nitrogens with zero attached hydrogens (tertiary/aromatic N) is 2. The monoisotopic (exact) mass is 247 g/mol. The summed E-state index contributed by atoms with van der Waals surface area (Å²) < 4.78 is 38.8. The van der Waals surface area contributed by atoms with Crippen LogP contribution in [0.1, 0.15) is 17.0 Å². The maximum absolute atomic E-state index is 12.5. The van der Waals surface area contributed by atoms with Crippen molar-refractivity contribution >= 4 is 17.9 Å². The van der Waals surface area contributed by atoms with Crippen molar-refractivity contribution in [2.75, 3.05) is 0 Å². The minimum atomic E-state index is -4.42. The largest absolute Gasteiger partial charge is 0.432 e. The van der Waals surface area contributed by atoms with E-state index in [0.29, 0.717) is 15.9 Å². The number of aryl methyl sites for hydroxylation is 1. The molecule has 1 N–H and O–H groups in total. The average Bonchev–Trinajstić information content (AvgIpc) is 2.57. The first kappa shape index (κ1) is 11.1.